The minimum atomic E-state index is -0.552. The van der Waals surface area contributed by atoms with Crippen molar-refractivity contribution in [3.63, 3.8) is 0 Å². The maximum Gasteiger partial charge on any atom is 0.264 e. The Morgan fingerprint density at radius 1 is 1.00 bits per heavy atom. The molecule has 1 aromatic heterocycles. The van der Waals surface area contributed by atoms with Crippen LogP contribution in [0.2, 0.25) is 0 Å². The average molecular weight is 490 g/mol. The van der Waals surface area contributed by atoms with Gasteiger partial charge in [0.25, 0.3) is 11.8 Å². The van der Waals surface area contributed by atoms with Crippen molar-refractivity contribution in [3.05, 3.63) is 94.4 Å². The number of hydrogen-bond donors (Lipinski definition) is 3. The summed E-state index contributed by atoms with van der Waals surface area (Å²) in [5.41, 5.74) is 7.93. The van der Waals surface area contributed by atoms with E-state index >= 15 is 0 Å². The minimum Gasteiger partial charge on any atom is -0.484 e. The molecule has 0 aliphatic carbocycles. The topological polar surface area (TPSA) is 93.4 Å². The number of ether oxygens (including phenoxy) is 1. The molecule has 0 aliphatic rings. The Kier molecular flexibility index (Phi) is 7.20. The van der Waals surface area contributed by atoms with Crippen LogP contribution in [0.1, 0.15) is 26.4 Å². The second-order valence-corrected chi connectivity index (χ2v) is 9.19. The van der Waals surface area contributed by atoms with Crippen LogP contribution in [0.15, 0.2) is 72.8 Å². The van der Waals surface area contributed by atoms with E-state index in [1.54, 1.807) is 0 Å². The van der Waals surface area contributed by atoms with Gasteiger partial charge in [0.1, 0.15) is 10.8 Å². The molecule has 0 saturated carbocycles. The third-order valence-electron chi connectivity index (χ3n) is 5.27. The number of fused-ring (bicyclic) bond motifs is 1. The third-order valence-corrected chi connectivity index (χ3v) is 6.68. The highest BCUT2D eigenvalue weighted by Gasteiger charge is 2.20. The fourth-order valence-electron chi connectivity index (χ4n) is 3.60. The van der Waals surface area contributed by atoms with Gasteiger partial charge in [-0.1, -0.05) is 60.7 Å². The molecule has 6 nitrogen and oxygen atoms in total. The molecule has 3 aromatic carbocycles. The predicted molar refractivity (Wildman–Crippen MR) is 141 cm³/mol. The summed E-state index contributed by atoms with van der Waals surface area (Å²) in [5.74, 6) is -0.378. The Morgan fingerprint density at radius 2 is 1.71 bits per heavy atom. The number of amides is 2. The van der Waals surface area contributed by atoms with E-state index in [1.807, 2.05) is 79.7 Å². The quantitative estimate of drug-likeness (QED) is 0.325. The normalized spacial score (nSPS) is 10.6. The number of nitrogens with one attached hydrogen (secondary N) is 2. The van der Waals surface area contributed by atoms with Gasteiger partial charge < -0.3 is 15.8 Å². The van der Waals surface area contributed by atoms with Crippen molar-refractivity contribution in [2.45, 2.75) is 13.3 Å². The molecule has 172 valence electrons. The first-order chi connectivity index (χ1) is 16.4. The summed E-state index contributed by atoms with van der Waals surface area (Å²) < 4.78 is 5.61. The number of hydrogen-bond acceptors (Lipinski definition) is 5. The van der Waals surface area contributed by atoms with Crippen LogP contribution in [0.4, 0.5) is 5.00 Å². The van der Waals surface area contributed by atoms with E-state index in [9.17, 15) is 9.59 Å². The van der Waals surface area contributed by atoms with E-state index in [2.05, 4.69) is 10.6 Å². The fraction of sp³-hybridized carbons (Fsp3) is 0.115. The summed E-state index contributed by atoms with van der Waals surface area (Å²) in [5, 5.41) is 8.24. The molecule has 0 spiro atoms. The van der Waals surface area contributed by atoms with Crippen molar-refractivity contribution in [3.8, 4) is 5.75 Å². The zero-order chi connectivity index (χ0) is 24.1. The molecule has 0 aliphatic heterocycles. The second-order valence-electron chi connectivity index (χ2n) is 7.68. The highest BCUT2D eigenvalue weighted by atomic mass is 32.1. The first kappa shape index (κ1) is 23.4. The lowest BCUT2D eigenvalue weighted by molar-refractivity contribution is -0.121. The smallest absolute Gasteiger partial charge is 0.264 e. The molecular weight excluding hydrogens is 466 g/mol. The Bertz CT molecular complexity index is 1370. The number of carbonyl (C=O) groups excluding carboxylic acids is 2. The summed E-state index contributed by atoms with van der Waals surface area (Å²) in [6, 6.07) is 23.5. The molecule has 0 unspecified atom stereocenters. The molecule has 2 amide bonds. The highest BCUT2D eigenvalue weighted by Crippen LogP contribution is 2.34. The van der Waals surface area contributed by atoms with Crippen LogP contribution in [0, 0.1) is 6.92 Å². The van der Waals surface area contributed by atoms with Crippen LogP contribution in [0.5, 0.6) is 5.75 Å². The molecule has 0 fully saturated rings. The zero-order valence-corrected chi connectivity index (χ0v) is 20.1. The van der Waals surface area contributed by atoms with E-state index in [1.165, 1.54) is 11.3 Å². The first-order valence-electron chi connectivity index (χ1n) is 10.6. The van der Waals surface area contributed by atoms with Crippen molar-refractivity contribution in [2.75, 3.05) is 11.9 Å². The van der Waals surface area contributed by atoms with E-state index in [0.29, 0.717) is 22.7 Å². The van der Waals surface area contributed by atoms with Crippen LogP contribution < -0.4 is 21.1 Å². The van der Waals surface area contributed by atoms with Gasteiger partial charge >= 0.3 is 0 Å². The first-order valence-corrected chi connectivity index (χ1v) is 11.8. The molecule has 4 N–H and O–H groups in total. The molecule has 34 heavy (non-hydrogen) atoms. The maximum atomic E-state index is 12.4. The number of carbonyl (C=O) groups is 2. The van der Waals surface area contributed by atoms with Gasteiger partial charge in [0, 0.05) is 11.3 Å². The number of rotatable bonds is 7. The Morgan fingerprint density at radius 3 is 2.44 bits per heavy atom. The lowest BCUT2D eigenvalue weighted by Crippen LogP contribution is -2.37. The van der Waals surface area contributed by atoms with Crippen molar-refractivity contribution >= 4 is 56.3 Å². The molecule has 0 atom stereocenters. The Balaban J connectivity index is 1.38. The van der Waals surface area contributed by atoms with Gasteiger partial charge in [0.2, 0.25) is 0 Å². The summed E-state index contributed by atoms with van der Waals surface area (Å²) in [4.78, 5) is 25.5. The predicted octanol–water partition coefficient (Wildman–Crippen LogP) is 4.79. The molecule has 4 aromatic rings. The third kappa shape index (κ3) is 5.59. The van der Waals surface area contributed by atoms with Gasteiger partial charge in [-0.05, 0) is 53.2 Å². The monoisotopic (exact) mass is 489 g/mol. The van der Waals surface area contributed by atoms with Crippen molar-refractivity contribution < 1.29 is 14.3 Å². The average Bonchev–Trinajstić information content (AvgIpc) is 3.12. The summed E-state index contributed by atoms with van der Waals surface area (Å²) in [7, 11) is 0. The standard InChI is InChI=1S/C26H23N3O3S2/c1-16-21(13-17-7-3-2-4-8-17)34-25(23(16)24(27)31)29-26(33)28-22(30)15-32-20-12-11-18-9-5-6-10-19(18)14-20/h2-12,14H,13,15H2,1H3,(H2,27,31)(H2,28,29,30,33). The maximum absolute atomic E-state index is 12.4. The number of nitrogens with two attached hydrogens (primary N) is 1. The fourth-order valence-corrected chi connectivity index (χ4v) is 5.13. The SMILES string of the molecule is Cc1c(Cc2ccccc2)sc(NC(=S)NC(=O)COc2ccc3ccccc3c2)c1C(N)=O. The molecule has 0 radical (unpaired) electrons. The van der Waals surface area contributed by atoms with Crippen molar-refractivity contribution in [1.29, 1.82) is 0 Å². The lowest BCUT2D eigenvalue weighted by atomic mass is 10.1. The minimum absolute atomic E-state index is 0.0714. The highest BCUT2D eigenvalue weighted by molar-refractivity contribution is 7.80. The van der Waals surface area contributed by atoms with E-state index in [4.69, 9.17) is 22.7 Å². The van der Waals surface area contributed by atoms with Crippen LogP contribution in [-0.4, -0.2) is 23.5 Å². The summed E-state index contributed by atoms with van der Waals surface area (Å²) in [6.45, 7) is 1.66. The van der Waals surface area contributed by atoms with E-state index in [0.717, 1.165) is 26.8 Å². The number of thiocarbonyl (C=S) groups is 1. The van der Waals surface area contributed by atoms with Crippen molar-refractivity contribution in [1.82, 2.24) is 5.32 Å². The van der Waals surface area contributed by atoms with Gasteiger partial charge in [-0.25, -0.2) is 0 Å². The van der Waals surface area contributed by atoms with E-state index < -0.39 is 11.8 Å². The number of benzene rings is 3. The molecular formula is C26H23N3O3S2. The summed E-state index contributed by atoms with van der Waals surface area (Å²) >= 11 is 6.68. The van der Waals surface area contributed by atoms with Crippen LogP contribution >= 0.6 is 23.6 Å². The molecule has 0 bridgehead atoms. The lowest BCUT2D eigenvalue weighted by Gasteiger charge is -2.10. The van der Waals surface area contributed by atoms with Crippen LogP contribution in [-0.2, 0) is 11.2 Å². The molecule has 4 rings (SSSR count). The largest absolute Gasteiger partial charge is 0.484 e. The van der Waals surface area contributed by atoms with Gasteiger partial charge in [-0.3, -0.25) is 14.9 Å². The van der Waals surface area contributed by atoms with Gasteiger partial charge in [0.05, 0.1) is 5.56 Å². The zero-order valence-electron chi connectivity index (χ0n) is 18.5. The molecule has 0 saturated heterocycles. The molecule has 8 heteroatoms. The Labute approximate surface area is 206 Å². The van der Waals surface area contributed by atoms with Crippen LogP contribution in [0.3, 0.4) is 0 Å². The second kappa shape index (κ2) is 10.5. The van der Waals surface area contributed by atoms with Gasteiger partial charge in [0.15, 0.2) is 11.7 Å². The van der Waals surface area contributed by atoms with Crippen molar-refractivity contribution in [2.24, 2.45) is 5.73 Å². The summed E-state index contributed by atoms with van der Waals surface area (Å²) in [6.07, 6.45) is 0.665. The number of thiophene rings is 1. The van der Waals surface area contributed by atoms with Gasteiger partial charge in [-0.15, -0.1) is 11.3 Å². The number of anilines is 1. The Hall–Kier alpha value is -3.75. The number of primary amides is 1. The van der Waals surface area contributed by atoms with Crippen LogP contribution in [0.25, 0.3) is 10.8 Å². The van der Waals surface area contributed by atoms with E-state index in [-0.39, 0.29) is 11.7 Å². The molecule has 1 heterocycles. The van der Waals surface area contributed by atoms with Gasteiger partial charge in [-0.2, -0.15) is 0 Å².